The quantitative estimate of drug-likeness (QED) is 0.566. The van der Waals surface area contributed by atoms with Gasteiger partial charge in [0.2, 0.25) is 5.95 Å². The van der Waals surface area contributed by atoms with Gasteiger partial charge in [-0.15, -0.1) is 10.2 Å². The van der Waals surface area contributed by atoms with Crippen molar-refractivity contribution in [2.24, 2.45) is 0 Å². The average Bonchev–Trinajstić information content (AvgIpc) is 3.12. The number of rotatable bonds is 3. The Balaban J connectivity index is 2.07. The number of nitrogens with two attached hydrogens (primary N) is 1. The van der Waals surface area contributed by atoms with Crippen LogP contribution in [0, 0.1) is 6.92 Å². The highest BCUT2D eigenvalue weighted by molar-refractivity contribution is 6.30. The van der Waals surface area contributed by atoms with Gasteiger partial charge in [-0.05, 0) is 36.8 Å². The van der Waals surface area contributed by atoms with Crippen LogP contribution in [0.1, 0.15) is 17.8 Å². The molecule has 0 amide bonds. The van der Waals surface area contributed by atoms with Gasteiger partial charge in [0.05, 0.1) is 11.3 Å². The molecule has 0 saturated heterocycles. The Morgan fingerprint density at radius 2 is 1.81 bits per heavy atom. The summed E-state index contributed by atoms with van der Waals surface area (Å²) in [4.78, 5) is 8.37. The van der Waals surface area contributed by atoms with E-state index < -0.39 is 6.43 Å². The minimum absolute atomic E-state index is 0.184. The number of halogens is 3. The van der Waals surface area contributed by atoms with E-state index in [-0.39, 0.29) is 11.6 Å². The number of pyridine rings is 1. The van der Waals surface area contributed by atoms with Gasteiger partial charge in [-0.25, -0.2) is 13.8 Å². The van der Waals surface area contributed by atoms with Crippen molar-refractivity contribution in [1.82, 2.24) is 24.6 Å². The number of alkyl halides is 2. The van der Waals surface area contributed by atoms with Crippen molar-refractivity contribution in [2.75, 3.05) is 5.73 Å². The second-order valence-corrected chi connectivity index (χ2v) is 6.38. The number of nitrogens with zero attached hydrogens (tertiary/aromatic N) is 5. The molecule has 0 fully saturated rings. The highest BCUT2D eigenvalue weighted by Crippen LogP contribution is 2.36. The summed E-state index contributed by atoms with van der Waals surface area (Å²) in [6.45, 7) is 1.66. The summed E-state index contributed by atoms with van der Waals surface area (Å²) in [5.74, 6) is 0.184. The molecule has 3 aromatic heterocycles. The van der Waals surface area contributed by atoms with Crippen LogP contribution in [0.25, 0.3) is 28.0 Å². The lowest BCUT2D eigenvalue weighted by molar-refractivity contribution is 0.146. The molecule has 0 aliphatic carbocycles. The molecule has 3 heterocycles. The van der Waals surface area contributed by atoms with Gasteiger partial charge in [0, 0.05) is 16.3 Å². The summed E-state index contributed by atoms with van der Waals surface area (Å²) in [5, 5.41) is 8.57. The molecule has 9 heteroatoms. The number of anilines is 1. The molecule has 27 heavy (non-hydrogen) atoms. The van der Waals surface area contributed by atoms with Gasteiger partial charge < -0.3 is 5.73 Å². The van der Waals surface area contributed by atoms with Gasteiger partial charge in [-0.3, -0.25) is 9.38 Å². The van der Waals surface area contributed by atoms with E-state index in [0.717, 1.165) is 5.56 Å². The molecule has 0 saturated carbocycles. The maximum Gasteiger partial charge on any atom is 0.280 e. The second-order valence-electron chi connectivity index (χ2n) is 5.95. The lowest BCUT2D eigenvalue weighted by Gasteiger charge is -2.14. The minimum atomic E-state index is -2.70. The highest BCUT2D eigenvalue weighted by atomic mass is 35.5. The van der Waals surface area contributed by atoms with E-state index in [0.29, 0.717) is 33.2 Å². The Morgan fingerprint density at radius 3 is 2.52 bits per heavy atom. The van der Waals surface area contributed by atoms with Gasteiger partial charge in [-0.1, -0.05) is 23.7 Å². The minimum Gasteiger partial charge on any atom is -0.369 e. The number of benzene rings is 1. The van der Waals surface area contributed by atoms with E-state index in [4.69, 9.17) is 17.3 Å². The normalized spacial score (nSPS) is 11.4. The monoisotopic (exact) mass is 386 g/mol. The Morgan fingerprint density at radius 1 is 1.07 bits per heavy atom. The SMILES string of the molecule is Cc1cc(-c2c(-c3ccc(Cl)cc3)nc(N)n3cnnc23)cc(C(F)F)n1. The van der Waals surface area contributed by atoms with E-state index in [1.54, 1.807) is 37.3 Å². The fourth-order valence-electron chi connectivity index (χ4n) is 2.94. The standard InChI is InChI=1S/C18H13ClF2N6/c1-9-6-11(7-13(24-9)16(20)21)14-15(10-2-4-12(19)5-3-10)25-18(22)27-8-23-26-17(14)27/h2-8,16H,1H3,(H2,22,25). The maximum atomic E-state index is 13.3. The van der Waals surface area contributed by atoms with Gasteiger partial charge in [0.25, 0.3) is 6.43 Å². The predicted molar refractivity (Wildman–Crippen MR) is 98.6 cm³/mol. The van der Waals surface area contributed by atoms with E-state index in [1.165, 1.54) is 16.8 Å². The third kappa shape index (κ3) is 3.08. The molecule has 0 aliphatic heterocycles. The summed E-state index contributed by atoms with van der Waals surface area (Å²) in [5.41, 5.74) is 8.86. The molecule has 136 valence electrons. The molecule has 0 radical (unpaired) electrons. The topological polar surface area (TPSA) is 82.0 Å². The number of hydrogen-bond donors (Lipinski definition) is 1. The van der Waals surface area contributed by atoms with Crippen LogP contribution in [0.4, 0.5) is 14.7 Å². The predicted octanol–water partition coefficient (Wildman–Crippen LogP) is 4.33. The molecule has 2 N–H and O–H groups in total. The molecule has 4 rings (SSSR count). The van der Waals surface area contributed by atoms with Crippen LogP contribution in [-0.4, -0.2) is 24.6 Å². The van der Waals surface area contributed by atoms with Crippen LogP contribution in [0.5, 0.6) is 0 Å². The summed E-state index contributed by atoms with van der Waals surface area (Å²) in [6, 6.07) is 10.0. The zero-order chi connectivity index (χ0) is 19.1. The molecular weight excluding hydrogens is 374 g/mol. The molecule has 0 atom stereocenters. The second kappa shape index (κ2) is 6.55. The fraction of sp³-hybridized carbons (Fsp3) is 0.111. The molecule has 4 aromatic rings. The first kappa shape index (κ1) is 17.3. The third-order valence-electron chi connectivity index (χ3n) is 4.08. The first-order chi connectivity index (χ1) is 12.9. The zero-order valence-corrected chi connectivity index (χ0v) is 14.8. The molecule has 0 aliphatic rings. The summed E-state index contributed by atoms with van der Waals surface area (Å²) in [6.07, 6.45) is -1.27. The number of nitrogen functional groups attached to an aromatic ring is 1. The van der Waals surface area contributed by atoms with Crippen molar-refractivity contribution in [3.63, 3.8) is 0 Å². The van der Waals surface area contributed by atoms with Crippen molar-refractivity contribution >= 4 is 23.2 Å². The maximum absolute atomic E-state index is 13.3. The van der Waals surface area contributed by atoms with Gasteiger partial charge in [-0.2, -0.15) is 0 Å². The van der Waals surface area contributed by atoms with Gasteiger partial charge in [0.1, 0.15) is 12.0 Å². The zero-order valence-electron chi connectivity index (χ0n) is 14.1. The number of aromatic nitrogens is 5. The van der Waals surface area contributed by atoms with Crippen LogP contribution in [0.15, 0.2) is 42.7 Å². The first-order valence-corrected chi connectivity index (χ1v) is 8.34. The summed E-state index contributed by atoms with van der Waals surface area (Å²) >= 11 is 5.98. The fourth-order valence-corrected chi connectivity index (χ4v) is 3.06. The van der Waals surface area contributed by atoms with Crippen molar-refractivity contribution in [3.8, 4) is 22.4 Å². The first-order valence-electron chi connectivity index (χ1n) is 7.96. The molecule has 6 nitrogen and oxygen atoms in total. The lowest BCUT2D eigenvalue weighted by Crippen LogP contribution is -2.05. The Bertz CT molecular complexity index is 1140. The van der Waals surface area contributed by atoms with Crippen LogP contribution in [0.2, 0.25) is 5.02 Å². The Labute approximate surface area is 157 Å². The van der Waals surface area contributed by atoms with E-state index >= 15 is 0 Å². The van der Waals surface area contributed by atoms with E-state index in [9.17, 15) is 8.78 Å². The Kier molecular flexibility index (Phi) is 4.19. The molecule has 0 unspecified atom stereocenters. The number of aryl methyl sites for hydroxylation is 1. The number of fused-ring (bicyclic) bond motifs is 1. The average molecular weight is 387 g/mol. The summed E-state index contributed by atoms with van der Waals surface area (Å²) in [7, 11) is 0. The summed E-state index contributed by atoms with van der Waals surface area (Å²) < 4.78 is 28.1. The van der Waals surface area contributed by atoms with Crippen LogP contribution in [0.3, 0.4) is 0 Å². The largest absolute Gasteiger partial charge is 0.369 e. The van der Waals surface area contributed by atoms with Crippen LogP contribution in [-0.2, 0) is 0 Å². The van der Waals surface area contributed by atoms with E-state index in [1.807, 2.05) is 0 Å². The molecule has 0 bridgehead atoms. The van der Waals surface area contributed by atoms with Gasteiger partial charge >= 0.3 is 0 Å². The smallest absolute Gasteiger partial charge is 0.280 e. The van der Waals surface area contributed by atoms with Crippen molar-refractivity contribution in [2.45, 2.75) is 13.3 Å². The molecular formula is C18H13ClF2N6. The number of hydrogen-bond acceptors (Lipinski definition) is 5. The van der Waals surface area contributed by atoms with Crippen molar-refractivity contribution in [3.05, 3.63) is 59.1 Å². The molecule has 0 spiro atoms. The van der Waals surface area contributed by atoms with E-state index in [2.05, 4.69) is 20.2 Å². The van der Waals surface area contributed by atoms with Gasteiger partial charge in [0.15, 0.2) is 5.65 Å². The van der Waals surface area contributed by atoms with Crippen LogP contribution >= 0.6 is 11.6 Å². The Hall–Kier alpha value is -3.13. The van der Waals surface area contributed by atoms with Crippen LogP contribution < -0.4 is 5.73 Å². The molecule has 1 aromatic carbocycles. The van der Waals surface area contributed by atoms with Crippen molar-refractivity contribution < 1.29 is 8.78 Å². The highest BCUT2D eigenvalue weighted by Gasteiger charge is 2.20. The lowest BCUT2D eigenvalue weighted by atomic mass is 9.99. The third-order valence-corrected chi connectivity index (χ3v) is 4.34. The van der Waals surface area contributed by atoms with Crippen molar-refractivity contribution in [1.29, 1.82) is 0 Å².